The van der Waals surface area contributed by atoms with Crippen molar-refractivity contribution in [3.8, 4) is 0 Å². The molecule has 0 unspecified atom stereocenters. The maximum absolute atomic E-state index is 14.0. The second-order valence-corrected chi connectivity index (χ2v) is 17.8. The zero-order valence-electron chi connectivity index (χ0n) is 24.8. The number of rotatable bonds is 7. The van der Waals surface area contributed by atoms with Crippen molar-refractivity contribution in [2.45, 2.75) is 119 Å². The fourth-order valence-corrected chi connectivity index (χ4v) is 11.9. The van der Waals surface area contributed by atoms with E-state index in [2.05, 4.69) is 0 Å². The molecule has 2 saturated carbocycles. The van der Waals surface area contributed by atoms with Crippen LogP contribution in [0.25, 0.3) is 0 Å². The molecule has 2 aliphatic carbocycles. The van der Waals surface area contributed by atoms with Crippen molar-refractivity contribution in [1.29, 1.82) is 0 Å². The number of hydrogen-bond donors (Lipinski definition) is 0. The van der Waals surface area contributed by atoms with E-state index in [0.717, 1.165) is 68.8 Å². The summed E-state index contributed by atoms with van der Waals surface area (Å²) in [5, 5.41) is 1.04. The number of halogens is 6. The summed E-state index contributed by atoms with van der Waals surface area (Å²) in [6.07, 6.45) is 1.34. The van der Waals surface area contributed by atoms with E-state index in [-0.39, 0.29) is 11.6 Å². The molecule has 234 valence electrons. The SMILES string of the molecule is CN([C@@H](c1cc(C(F)(F)F)cc(C(F)(F)F)c1)c1ccccc1P(C1CCCCC1)C1CCCCC1)[S@](=O)C(C)(C)C. The van der Waals surface area contributed by atoms with Gasteiger partial charge < -0.3 is 0 Å². The smallest absolute Gasteiger partial charge is 0.242 e. The molecular formula is C32H42F6NOPS. The summed E-state index contributed by atoms with van der Waals surface area (Å²) in [7, 11) is -0.905. The molecule has 2 aromatic carbocycles. The average molecular weight is 634 g/mol. The van der Waals surface area contributed by atoms with Crippen LogP contribution in [-0.4, -0.2) is 31.6 Å². The molecule has 2 atom stereocenters. The maximum Gasteiger partial charge on any atom is 0.416 e. The lowest BCUT2D eigenvalue weighted by atomic mass is 9.94. The van der Waals surface area contributed by atoms with E-state index in [9.17, 15) is 30.6 Å². The van der Waals surface area contributed by atoms with Crippen molar-refractivity contribution >= 4 is 24.2 Å². The van der Waals surface area contributed by atoms with E-state index >= 15 is 0 Å². The molecule has 10 heteroatoms. The van der Waals surface area contributed by atoms with E-state index in [0.29, 0.717) is 16.9 Å². The normalized spacial score (nSPS) is 19.8. The molecule has 0 radical (unpaired) electrons. The van der Waals surface area contributed by atoms with Crippen LogP contribution in [0.4, 0.5) is 26.3 Å². The third kappa shape index (κ3) is 7.79. The van der Waals surface area contributed by atoms with Crippen LogP contribution in [0.5, 0.6) is 0 Å². The van der Waals surface area contributed by atoms with Crippen LogP contribution < -0.4 is 5.30 Å². The van der Waals surface area contributed by atoms with Crippen molar-refractivity contribution in [2.24, 2.45) is 0 Å². The Balaban J connectivity index is 1.97. The highest BCUT2D eigenvalue weighted by Crippen LogP contribution is 2.56. The quantitative estimate of drug-likeness (QED) is 0.220. The lowest BCUT2D eigenvalue weighted by molar-refractivity contribution is -0.143. The van der Waals surface area contributed by atoms with Crippen LogP contribution in [0.3, 0.4) is 0 Å². The molecule has 0 spiro atoms. The summed E-state index contributed by atoms with van der Waals surface area (Å²) in [5.41, 5.74) is -1.26. The first-order valence-corrected chi connectivity index (χ1v) is 17.5. The number of alkyl halides is 6. The van der Waals surface area contributed by atoms with Gasteiger partial charge in [-0.2, -0.15) is 26.3 Å². The van der Waals surface area contributed by atoms with Gasteiger partial charge in [-0.1, -0.05) is 70.7 Å². The molecule has 0 aliphatic heterocycles. The number of hydrogen-bond acceptors (Lipinski definition) is 1. The fourth-order valence-electron chi connectivity index (χ4n) is 6.61. The van der Waals surface area contributed by atoms with Gasteiger partial charge in [-0.15, -0.1) is 0 Å². The van der Waals surface area contributed by atoms with Crippen LogP contribution in [0.15, 0.2) is 42.5 Å². The Morgan fingerprint density at radius 3 is 1.64 bits per heavy atom. The summed E-state index contributed by atoms with van der Waals surface area (Å²) < 4.78 is 98.5. The van der Waals surface area contributed by atoms with Gasteiger partial charge in [0.25, 0.3) is 0 Å². The van der Waals surface area contributed by atoms with E-state index in [4.69, 9.17) is 0 Å². The van der Waals surface area contributed by atoms with E-state index in [1.54, 1.807) is 33.9 Å². The first kappa shape index (κ1) is 33.5. The molecule has 0 bridgehead atoms. The van der Waals surface area contributed by atoms with Crippen LogP contribution in [0.2, 0.25) is 0 Å². The number of benzene rings is 2. The highest BCUT2D eigenvalue weighted by molar-refractivity contribution is 7.84. The van der Waals surface area contributed by atoms with Gasteiger partial charge in [0.15, 0.2) is 0 Å². The van der Waals surface area contributed by atoms with E-state index in [1.807, 2.05) is 18.2 Å². The molecule has 0 heterocycles. The van der Waals surface area contributed by atoms with Gasteiger partial charge in [0.05, 0.1) is 21.9 Å². The van der Waals surface area contributed by atoms with Crippen molar-refractivity contribution in [3.63, 3.8) is 0 Å². The Hall–Kier alpha value is -1.44. The molecule has 0 amide bonds. The summed E-state index contributed by atoms with van der Waals surface area (Å²) in [6.45, 7) is 5.27. The van der Waals surface area contributed by atoms with E-state index < -0.39 is 53.2 Å². The predicted molar refractivity (Wildman–Crippen MR) is 161 cm³/mol. The second-order valence-electron chi connectivity index (χ2n) is 12.7. The molecule has 0 saturated heterocycles. The van der Waals surface area contributed by atoms with Gasteiger partial charge in [-0.3, -0.25) is 0 Å². The summed E-state index contributed by atoms with van der Waals surface area (Å²) in [4.78, 5) is 0. The standard InChI is InChI=1S/C32H42F6NOPS/c1-30(2,3)42(40)39(4)29(22-19-23(31(33,34)35)21-24(20-22)32(36,37)38)27-17-11-12-18-28(27)41(25-13-7-5-8-14-25)26-15-9-6-10-16-26/h11-12,17-21,25-26,29H,5-10,13-16H2,1-4H3/t29-,42+/m0/s1. The average Bonchev–Trinajstić information content (AvgIpc) is 2.93. The van der Waals surface area contributed by atoms with Gasteiger partial charge >= 0.3 is 12.4 Å². The molecular weight excluding hydrogens is 591 g/mol. The monoisotopic (exact) mass is 633 g/mol. The zero-order valence-corrected chi connectivity index (χ0v) is 26.5. The topological polar surface area (TPSA) is 20.3 Å². The minimum Gasteiger partial charge on any atom is -0.242 e. The molecule has 42 heavy (non-hydrogen) atoms. The molecule has 2 aliphatic rings. The van der Waals surface area contributed by atoms with Crippen LogP contribution >= 0.6 is 7.92 Å². The van der Waals surface area contributed by atoms with Crippen molar-refractivity contribution < 1.29 is 30.6 Å². The minimum atomic E-state index is -4.97. The molecule has 0 N–H and O–H groups in total. The van der Waals surface area contributed by atoms with E-state index in [1.165, 1.54) is 17.1 Å². The second kappa shape index (κ2) is 13.3. The van der Waals surface area contributed by atoms with Gasteiger partial charge in [0.1, 0.15) is 11.0 Å². The first-order valence-electron chi connectivity index (χ1n) is 14.9. The Kier molecular flexibility index (Phi) is 10.6. The molecule has 2 fully saturated rings. The molecule has 0 aromatic heterocycles. The van der Waals surface area contributed by atoms with Gasteiger partial charge in [0.2, 0.25) is 0 Å². The lowest BCUT2D eigenvalue weighted by Crippen LogP contribution is -2.40. The maximum atomic E-state index is 14.0. The Bertz CT molecular complexity index is 1180. The van der Waals surface area contributed by atoms with Crippen LogP contribution in [0, 0.1) is 0 Å². The summed E-state index contributed by atoms with van der Waals surface area (Å²) in [5.74, 6) is 0. The van der Waals surface area contributed by atoms with Gasteiger partial charge in [0, 0.05) is 7.05 Å². The molecule has 2 nitrogen and oxygen atoms in total. The lowest BCUT2D eigenvalue weighted by Gasteiger charge is -2.41. The molecule has 4 rings (SSSR count). The van der Waals surface area contributed by atoms with Crippen molar-refractivity contribution in [1.82, 2.24) is 4.31 Å². The molecule has 2 aromatic rings. The number of nitrogens with zero attached hydrogens (tertiary/aromatic N) is 1. The zero-order chi connectivity index (χ0) is 30.9. The predicted octanol–water partition coefficient (Wildman–Crippen LogP) is 9.98. The summed E-state index contributed by atoms with van der Waals surface area (Å²) >= 11 is 0. The Morgan fingerprint density at radius 2 is 1.21 bits per heavy atom. The largest absolute Gasteiger partial charge is 0.416 e. The van der Waals surface area contributed by atoms with Crippen molar-refractivity contribution in [3.05, 3.63) is 64.7 Å². The third-order valence-electron chi connectivity index (χ3n) is 8.52. The Labute approximate surface area is 250 Å². The third-order valence-corrected chi connectivity index (χ3v) is 13.9. The van der Waals surface area contributed by atoms with Gasteiger partial charge in [-0.05, 0) is 92.4 Å². The highest BCUT2D eigenvalue weighted by Gasteiger charge is 2.41. The fraction of sp³-hybridized carbons (Fsp3) is 0.625. The van der Waals surface area contributed by atoms with Crippen molar-refractivity contribution in [2.75, 3.05) is 7.05 Å². The van der Waals surface area contributed by atoms with Crippen LogP contribution in [-0.2, 0) is 23.3 Å². The van der Waals surface area contributed by atoms with Crippen LogP contribution in [0.1, 0.15) is 113 Å². The Morgan fingerprint density at radius 1 is 0.762 bits per heavy atom. The highest BCUT2D eigenvalue weighted by atomic mass is 32.2. The van der Waals surface area contributed by atoms with Gasteiger partial charge in [-0.25, -0.2) is 8.51 Å². The minimum absolute atomic E-state index is 0.146. The first-order chi connectivity index (χ1) is 19.6. The summed E-state index contributed by atoms with van der Waals surface area (Å²) in [6, 6.07) is 8.37.